The highest BCUT2D eigenvalue weighted by atomic mass is 16.5. The minimum absolute atomic E-state index is 0.112. The second kappa shape index (κ2) is 4.37. The number of aromatic amines is 1. The van der Waals surface area contributed by atoms with Crippen LogP contribution in [0.4, 0.5) is 0 Å². The number of hydrogen-bond donors (Lipinski definition) is 1. The Balaban J connectivity index is 2.43. The Morgan fingerprint density at radius 1 is 1.41 bits per heavy atom. The first-order valence-corrected chi connectivity index (χ1v) is 5.29. The summed E-state index contributed by atoms with van der Waals surface area (Å²) < 4.78 is 4.87. The number of aromatic nitrogens is 2. The molecule has 0 aliphatic heterocycles. The van der Waals surface area contributed by atoms with Crippen LogP contribution in [0.2, 0.25) is 0 Å². The van der Waals surface area contributed by atoms with E-state index in [4.69, 9.17) is 4.74 Å². The summed E-state index contributed by atoms with van der Waals surface area (Å²) in [6.07, 6.45) is 0. The van der Waals surface area contributed by atoms with E-state index in [1.807, 2.05) is 0 Å². The SMILES string of the molecule is CCOC(=O)c1cc2ccc(C(C)=O)nc2[nH]1. The molecular formula is C12H12N2O3. The number of Topliss-reactive ketones (excluding diaryl/α,β-unsaturated/α-hetero) is 1. The standard InChI is InChI=1S/C12H12N2O3/c1-3-17-12(16)10-6-8-4-5-9(7(2)15)13-11(8)14-10/h4-6H,3H2,1-2H3,(H,13,14). The quantitative estimate of drug-likeness (QED) is 0.648. The van der Waals surface area contributed by atoms with Gasteiger partial charge >= 0.3 is 5.97 Å². The molecule has 2 rings (SSSR count). The largest absolute Gasteiger partial charge is 0.461 e. The van der Waals surface area contributed by atoms with Crippen LogP contribution in [0.3, 0.4) is 0 Å². The molecule has 17 heavy (non-hydrogen) atoms. The Morgan fingerprint density at radius 3 is 2.82 bits per heavy atom. The summed E-state index contributed by atoms with van der Waals surface area (Å²) in [5.41, 5.74) is 1.23. The van der Waals surface area contributed by atoms with Crippen molar-refractivity contribution in [2.75, 3.05) is 6.61 Å². The van der Waals surface area contributed by atoms with E-state index in [0.29, 0.717) is 23.6 Å². The number of esters is 1. The first kappa shape index (κ1) is 11.3. The molecule has 0 saturated carbocycles. The Kier molecular flexibility index (Phi) is 2.91. The van der Waals surface area contributed by atoms with E-state index < -0.39 is 5.97 Å². The van der Waals surface area contributed by atoms with Crippen molar-refractivity contribution in [3.05, 3.63) is 29.6 Å². The zero-order valence-electron chi connectivity index (χ0n) is 9.61. The van der Waals surface area contributed by atoms with Gasteiger partial charge in [-0.3, -0.25) is 4.79 Å². The fourth-order valence-electron chi connectivity index (χ4n) is 1.52. The normalized spacial score (nSPS) is 10.5. The van der Waals surface area contributed by atoms with E-state index in [1.165, 1.54) is 6.92 Å². The van der Waals surface area contributed by atoms with Crippen LogP contribution in [0.1, 0.15) is 34.8 Å². The monoisotopic (exact) mass is 232 g/mol. The van der Waals surface area contributed by atoms with Crippen molar-refractivity contribution in [3.63, 3.8) is 0 Å². The highest BCUT2D eigenvalue weighted by molar-refractivity contribution is 5.97. The molecule has 0 aliphatic carbocycles. The fourth-order valence-corrected chi connectivity index (χ4v) is 1.52. The Bertz CT molecular complexity index is 586. The Labute approximate surface area is 97.8 Å². The van der Waals surface area contributed by atoms with Gasteiger partial charge in [0.2, 0.25) is 0 Å². The first-order chi connectivity index (χ1) is 8.11. The van der Waals surface area contributed by atoms with Gasteiger partial charge in [0.1, 0.15) is 17.0 Å². The van der Waals surface area contributed by atoms with Crippen LogP contribution in [0.25, 0.3) is 11.0 Å². The molecule has 0 aliphatic rings. The number of nitrogens with zero attached hydrogens (tertiary/aromatic N) is 1. The van der Waals surface area contributed by atoms with E-state index in [2.05, 4.69) is 9.97 Å². The molecule has 1 N–H and O–H groups in total. The van der Waals surface area contributed by atoms with Crippen molar-refractivity contribution in [2.24, 2.45) is 0 Å². The number of carbonyl (C=O) groups excluding carboxylic acids is 2. The zero-order valence-corrected chi connectivity index (χ0v) is 9.61. The molecule has 2 aromatic rings. The molecule has 2 heterocycles. The maximum absolute atomic E-state index is 11.5. The number of hydrogen-bond acceptors (Lipinski definition) is 4. The Morgan fingerprint density at radius 2 is 2.18 bits per heavy atom. The molecule has 0 saturated heterocycles. The summed E-state index contributed by atoms with van der Waals surface area (Å²) in [6.45, 7) is 3.51. The van der Waals surface area contributed by atoms with Gasteiger partial charge in [0.05, 0.1) is 6.61 Å². The van der Waals surface area contributed by atoms with Crippen LogP contribution >= 0.6 is 0 Å². The number of pyridine rings is 1. The van der Waals surface area contributed by atoms with Gasteiger partial charge in [-0.2, -0.15) is 0 Å². The van der Waals surface area contributed by atoms with Gasteiger partial charge in [0, 0.05) is 12.3 Å². The molecule has 0 fully saturated rings. The number of ketones is 1. The van der Waals surface area contributed by atoms with Gasteiger partial charge in [0.25, 0.3) is 0 Å². The average Bonchev–Trinajstić information content (AvgIpc) is 2.71. The summed E-state index contributed by atoms with van der Waals surface area (Å²) >= 11 is 0. The van der Waals surface area contributed by atoms with Gasteiger partial charge in [-0.15, -0.1) is 0 Å². The Hall–Kier alpha value is -2.17. The lowest BCUT2D eigenvalue weighted by molar-refractivity contribution is 0.0520. The lowest BCUT2D eigenvalue weighted by atomic mass is 10.2. The van der Waals surface area contributed by atoms with Crippen LogP contribution in [0, 0.1) is 0 Å². The maximum atomic E-state index is 11.5. The molecule has 5 heteroatoms. The summed E-state index contributed by atoms with van der Waals surface area (Å²) in [5.74, 6) is -0.533. The lowest BCUT2D eigenvalue weighted by Gasteiger charge is -1.96. The zero-order chi connectivity index (χ0) is 12.4. The van der Waals surface area contributed by atoms with Crippen molar-refractivity contribution in [3.8, 4) is 0 Å². The molecular weight excluding hydrogens is 220 g/mol. The summed E-state index contributed by atoms with van der Waals surface area (Å²) in [5, 5.41) is 0.776. The van der Waals surface area contributed by atoms with Crippen LogP contribution in [-0.4, -0.2) is 28.3 Å². The third-order valence-electron chi connectivity index (χ3n) is 2.34. The van der Waals surface area contributed by atoms with Crippen molar-refractivity contribution < 1.29 is 14.3 Å². The summed E-state index contributed by atoms with van der Waals surface area (Å²) in [4.78, 5) is 29.6. The predicted molar refractivity (Wildman–Crippen MR) is 62.1 cm³/mol. The maximum Gasteiger partial charge on any atom is 0.354 e. The summed E-state index contributed by atoms with van der Waals surface area (Å²) in [7, 11) is 0. The van der Waals surface area contributed by atoms with Gasteiger partial charge in [-0.1, -0.05) is 0 Å². The van der Waals surface area contributed by atoms with E-state index in [1.54, 1.807) is 25.1 Å². The molecule has 0 radical (unpaired) electrons. The molecule has 5 nitrogen and oxygen atoms in total. The number of carbonyl (C=O) groups is 2. The third-order valence-corrected chi connectivity index (χ3v) is 2.34. The van der Waals surface area contributed by atoms with Gasteiger partial charge in [-0.05, 0) is 25.1 Å². The van der Waals surface area contributed by atoms with Crippen molar-refractivity contribution in [1.29, 1.82) is 0 Å². The lowest BCUT2D eigenvalue weighted by Crippen LogP contribution is -2.04. The first-order valence-electron chi connectivity index (χ1n) is 5.29. The molecule has 88 valence electrons. The number of nitrogens with one attached hydrogen (secondary N) is 1. The highest BCUT2D eigenvalue weighted by Gasteiger charge is 2.11. The van der Waals surface area contributed by atoms with Gasteiger partial charge < -0.3 is 9.72 Å². The second-order valence-corrected chi connectivity index (χ2v) is 3.59. The molecule has 0 unspecified atom stereocenters. The fraction of sp³-hybridized carbons (Fsp3) is 0.250. The van der Waals surface area contributed by atoms with E-state index >= 15 is 0 Å². The van der Waals surface area contributed by atoms with Gasteiger partial charge in [-0.25, -0.2) is 9.78 Å². The molecule has 0 spiro atoms. The molecule has 0 amide bonds. The number of H-pyrrole nitrogens is 1. The molecule has 2 aromatic heterocycles. The van der Waals surface area contributed by atoms with Gasteiger partial charge in [0.15, 0.2) is 5.78 Å². The number of fused-ring (bicyclic) bond motifs is 1. The van der Waals surface area contributed by atoms with Crippen molar-refractivity contribution >= 4 is 22.8 Å². The van der Waals surface area contributed by atoms with E-state index in [9.17, 15) is 9.59 Å². The van der Waals surface area contributed by atoms with Crippen LogP contribution in [0.5, 0.6) is 0 Å². The minimum atomic E-state index is -0.421. The predicted octanol–water partition coefficient (Wildman–Crippen LogP) is 1.94. The molecule has 0 aromatic carbocycles. The second-order valence-electron chi connectivity index (χ2n) is 3.59. The van der Waals surface area contributed by atoms with Crippen molar-refractivity contribution in [1.82, 2.24) is 9.97 Å². The van der Waals surface area contributed by atoms with Crippen LogP contribution < -0.4 is 0 Å². The van der Waals surface area contributed by atoms with Crippen molar-refractivity contribution in [2.45, 2.75) is 13.8 Å². The van der Waals surface area contributed by atoms with Crippen LogP contribution in [-0.2, 0) is 4.74 Å². The number of ether oxygens (including phenoxy) is 1. The molecule has 0 bridgehead atoms. The average molecular weight is 232 g/mol. The van der Waals surface area contributed by atoms with E-state index in [-0.39, 0.29) is 5.78 Å². The number of rotatable bonds is 3. The smallest absolute Gasteiger partial charge is 0.354 e. The highest BCUT2D eigenvalue weighted by Crippen LogP contribution is 2.15. The molecule has 0 atom stereocenters. The topological polar surface area (TPSA) is 72.1 Å². The summed E-state index contributed by atoms with van der Waals surface area (Å²) in [6, 6.07) is 5.04. The van der Waals surface area contributed by atoms with E-state index in [0.717, 1.165) is 5.39 Å². The third kappa shape index (κ3) is 2.18. The van der Waals surface area contributed by atoms with Crippen LogP contribution in [0.15, 0.2) is 18.2 Å². The minimum Gasteiger partial charge on any atom is -0.461 e.